The second-order valence-corrected chi connectivity index (χ2v) is 4.08. The predicted octanol–water partition coefficient (Wildman–Crippen LogP) is 0.229. The molecule has 0 aromatic heterocycles. The van der Waals surface area contributed by atoms with Gasteiger partial charge in [-0.2, -0.15) is 0 Å². The minimum Gasteiger partial charge on any atom is -0.268 e. The van der Waals surface area contributed by atoms with Gasteiger partial charge in [-0.25, -0.2) is 13.1 Å². The number of sulfonamides is 1. The van der Waals surface area contributed by atoms with Crippen LogP contribution in [0.2, 0.25) is 0 Å². The molecule has 1 N–H and O–H groups in total. The zero-order chi connectivity index (χ0) is 8.77. The van der Waals surface area contributed by atoms with E-state index in [9.17, 15) is 13.2 Å². The quantitative estimate of drug-likeness (QED) is 0.660. The van der Waals surface area contributed by atoms with Crippen LogP contribution >= 0.6 is 0 Å². The molecular formula is C7H6FeNO3S+. The number of amides is 1. The van der Waals surface area contributed by atoms with Crippen molar-refractivity contribution in [3.63, 3.8) is 0 Å². The fraction of sp³-hybridized carbons (Fsp3) is 0. The largest absolute Gasteiger partial charge is 1.00 e. The molecular weight excluding hydrogens is 234 g/mol. The molecule has 0 unspecified atom stereocenters. The van der Waals surface area contributed by atoms with E-state index in [4.69, 9.17) is 0 Å². The first kappa shape index (κ1) is 10.2. The molecule has 1 aliphatic rings. The number of hydrogen-bond donors (Lipinski definition) is 1. The van der Waals surface area contributed by atoms with Crippen LogP contribution in [-0.4, -0.2) is 14.3 Å². The van der Waals surface area contributed by atoms with E-state index in [1.165, 1.54) is 12.1 Å². The Kier molecular flexibility index (Phi) is 2.47. The topological polar surface area (TPSA) is 63.2 Å². The smallest absolute Gasteiger partial charge is 0.268 e. The van der Waals surface area contributed by atoms with Crippen molar-refractivity contribution in [3.8, 4) is 0 Å². The molecule has 1 aromatic carbocycles. The number of nitrogens with one attached hydrogen (secondary N) is 1. The Labute approximate surface area is 87.3 Å². The summed E-state index contributed by atoms with van der Waals surface area (Å²) in [6.45, 7) is 0. The molecule has 13 heavy (non-hydrogen) atoms. The van der Waals surface area contributed by atoms with Crippen molar-refractivity contribution in [1.29, 1.82) is 0 Å². The fourth-order valence-electron chi connectivity index (χ4n) is 1.12. The molecule has 0 spiro atoms. The minimum absolute atomic E-state index is 0. The summed E-state index contributed by atoms with van der Waals surface area (Å²) in [5, 5.41) is 0. The van der Waals surface area contributed by atoms with Gasteiger partial charge in [-0.3, -0.25) is 4.79 Å². The number of carbonyl (C=O) groups is 1. The van der Waals surface area contributed by atoms with Crippen molar-refractivity contribution in [2.24, 2.45) is 0 Å². The van der Waals surface area contributed by atoms with Gasteiger partial charge in [-0.05, 0) is 12.1 Å². The van der Waals surface area contributed by atoms with Crippen LogP contribution in [0.1, 0.15) is 11.8 Å². The summed E-state index contributed by atoms with van der Waals surface area (Å²) in [5.74, 6) is -0.550. The molecule has 1 heterocycles. The van der Waals surface area contributed by atoms with E-state index in [1.807, 2.05) is 4.72 Å². The summed E-state index contributed by atoms with van der Waals surface area (Å²) in [4.78, 5) is 11.1. The summed E-state index contributed by atoms with van der Waals surface area (Å²) in [5.41, 5.74) is 0.220. The van der Waals surface area contributed by atoms with Crippen LogP contribution in [0.25, 0.3) is 0 Å². The number of benzene rings is 1. The molecule has 70 valence electrons. The maximum absolute atomic E-state index is 11.1. The summed E-state index contributed by atoms with van der Waals surface area (Å²) in [6, 6.07) is 6.09. The standard InChI is InChI=1S/C7H5NO3S.Fe/c9-7-5-3-1-2-4-6(5)12(10,11)8-7;/h1-4H,(H,8,9);/p+1. The van der Waals surface area contributed by atoms with Crippen molar-refractivity contribution >= 4 is 15.9 Å². The fourth-order valence-corrected chi connectivity index (χ4v) is 2.29. The van der Waals surface area contributed by atoms with Gasteiger partial charge < -0.3 is 0 Å². The molecule has 4 nitrogen and oxygen atoms in total. The summed E-state index contributed by atoms with van der Waals surface area (Å²) < 4.78 is 24.2. The van der Waals surface area contributed by atoms with Gasteiger partial charge in [0.25, 0.3) is 15.9 Å². The maximum atomic E-state index is 11.1. The molecule has 1 aromatic rings. The van der Waals surface area contributed by atoms with Crippen LogP contribution < -0.4 is 4.72 Å². The minimum atomic E-state index is -3.55. The zero-order valence-corrected chi connectivity index (χ0v) is 8.22. The second kappa shape index (κ2) is 3.14. The van der Waals surface area contributed by atoms with E-state index < -0.39 is 15.9 Å². The molecule has 0 fully saturated rings. The van der Waals surface area contributed by atoms with Crippen LogP contribution in [0.3, 0.4) is 0 Å². The average Bonchev–Trinajstić information content (AvgIpc) is 2.25. The van der Waals surface area contributed by atoms with Gasteiger partial charge >= 0.3 is 1.43 Å². The maximum Gasteiger partial charge on any atom is 1.00 e. The number of carbonyl (C=O) groups excluding carboxylic acids is 1. The van der Waals surface area contributed by atoms with E-state index in [1.54, 1.807) is 12.1 Å². The van der Waals surface area contributed by atoms with Crippen LogP contribution in [0, 0.1) is 0 Å². The first-order valence-electron chi connectivity index (χ1n) is 3.27. The molecule has 0 aliphatic carbocycles. The Morgan fingerprint density at radius 2 is 1.85 bits per heavy atom. The molecule has 0 saturated carbocycles. The zero-order valence-electron chi connectivity index (χ0n) is 7.30. The van der Waals surface area contributed by atoms with E-state index in [-0.39, 0.29) is 29.0 Å². The SMILES string of the molecule is O=C1NS(=O)(=O)c2ccccc21.[Fe].[H+]. The molecule has 0 saturated heterocycles. The Hall–Kier alpha value is -0.841. The van der Waals surface area contributed by atoms with E-state index >= 15 is 0 Å². The van der Waals surface area contributed by atoms with Crippen molar-refractivity contribution in [2.45, 2.75) is 4.90 Å². The molecule has 6 heteroatoms. The third-order valence-electron chi connectivity index (χ3n) is 1.65. The van der Waals surface area contributed by atoms with Gasteiger partial charge in [0, 0.05) is 17.1 Å². The molecule has 0 bridgehead atoms. The van der Waals surface area contributed by atoms with Gasteiger partial charge in [-0.15, -0.1) is 0 Å². The van der Waals surface area contributed by atoms with Crippen molar-refractivity contribution < 1.29 is 31.7 Å². The Bertz CT molecular complexity index is 460. The number of rotatable bonds is 0. The average molecular weight is 240 g/mol. The van der Waals surface area contributed by atoms with E-state index in [2.05, 4.69) is 0 Å². The molecule has 0 atom stereocenters. The van der Waals surface area contributed by atoms with Crippen molar-refractivity contribution in [1.82, 2.24) is 4.72 Å². The number of hydrogen-bond acceptors (Lipinski definition) is 3. The summed E-state index contributed by atoms with van der Waals surface area (Å²) in [7, 11) is -3.55. The molecule has 2 rings (SSSR count). The molecule has 1 aliphatic heterocycles. The van der Waals surface area contributed by atoms with Crippen LogP contribution in [0.4, 0.5) is 0 Å². The van der Waals surface area contributed by atoms with E-state index in [0.29, 0.717) is 0 Å². The normalized spacial score (nSPS) is 17.1. The van der Waals surface area contributed by atoms with Crippen LogP contribution in [-0.2, 0) is 27.1 Å². The first-order chi connectivity index (χ1) is 5.61. The predicted molar refractivity (Wildman–Crippen MR) is 42.2 cm³/mol. The Morgan fingerprint density at radius 3 is 2.46 bits per heavy atom. The second-order valence-electron chi connectivity index (χ2n) is 2.43. The van der Waals surface area contributed by atoms with Gasteiger partial charge in [0.2, 0.25) is 0 Å². The summed E-state index contributed by atoms with van der Waals surface area (Å²) in [6.07, 6.45) is 0. The Morgan fingerprint density at radius 1 is 1.23 bits per heavy atom. The van der Waals surface area contributed by atoms with Gasteiger partial charge in [0.15, 0.2) is 0 Å². The van der Waals surface area contributed by atoms with Crippen LogP contribution in [0.5, 0.6) is 0 Å². The molecule has 0 radical (unpaired) electrons. The third-order valence-corrected chi connectivity index (χ3v) is 3.04. The van der Waals surface area contributed by atoms with Gasteiger partial charge in [0.05, 0.1) is 5.56 Å². The van der Waals surface area contributed by atoms with Crippen LogP contribution in [0.15, 0.2) is 29.2 Å². The van der Waals surface area contributed by atoms with Crippen molar-refractivity contribution in [3.05, 3.63) is 29.8 Å². The van der Waals surface area contributed by atoms with E-state index in [0.717, 1.165) is 0 Å². The molecule has 1 amide bonds. The Balaban J connectivity index is 0.000000845. The summed E-state index contributed by atoms with van der Waals surface area (Å²) >= 11 is 0. The monoisotopic (exact) mass is 240 g/mol. The van der Waals surface area contributed by atoms with Gasteiger partial charge in [0.1, 0.15) is 4.90 Å². The van der Waals surface area contributed by atoms with Gasteiger partial charge in [-0.1, -0.05) is 12.1 Å². The third kappa shape index (κ3) is 1.48. The number of fused-ring (bicyclic) bond motifs is 1. The van der Waals surface area contributed by atoms with Crippen molar-refractivity contribution in [2.75, 3.05) is 0 Å². The first-order valence-corrected chi connectivity index (χ1v) is 4.76.